The molecule has 1 unspecified atom stereocenters. The average Bonchev–Trinajstić information content (AvgIpc) is 2.84. The highest BCUT2D eigenvalue weighted by atomic mass is 35.5. The third-order valence-corrected chi connectivity index (χ3v) is 3.60. The molecule has 0 aromatic heterocycles. The van der Waals surface area contributed by atoms with Crippen molar-refractivity contribution >= 4 is 11.6 Å². The summed E-state index contributed by atoms with van der Waals surface area (Å²) in [7, 11) is 1.58. The summed E-state index contributed by atoms with van der Waals surface area (Å²) in [6, 6.07) is 3.51. The molecule has 0 saturated heterocycles. The number of methoxy groups -OCH3 is 1. The molecule has 1 fully saturated rings. The van der Waals surface area contributed by atoms with E-state index in [-0.39, 0.29) is 6.10 Å². The van der Waals surface area contributed by atoms with Crippen LogP contribution in [0.2, 0.25) is 5.02 Å². The van der Waals surface area contributed by atoms with E-state index in [0.717, 1.165) is 18.4 Å². The average molecular weight is 271 g/mol. The number of ether oxygens (including phenoxy) is 2. The fraction of sp³-hybridized carbons (Fsp3) is 0.571. The lowest BCUT2D eigenvalue weighted by atomic mass is 10.1. The molecule has 0 heterocycles. The maximum absolute atomic E-state index is 9.59. The molecule has 1 aliphatic rings. The Morgan fingerprint density at radius 3 is 2.56 bits per heavy atom. The normalized spacial score (nSPS) is 17.8. The number of aliphatic hydroxyl groups excluding tert-OH is 1. The molecule has 0 radical (unpaired) electrons. The molecule has 0 spiro atoms. The molecule has 2 rings (SSSR count). The van der Waals surface area contributed by atoms with E-state index < -0.39 is 6.10 Å². The third kappa shape index (κ3) is 2.90. The summed E-state index contributed by atoms with van der Waals surface area (Å²) >= 11 is 6.22. The van der Waals surface area contributed by atoms with Gasteiger partial charge in [-0.25, -0.2) is 0 Å². The zero-order chi connectivity index (χ0) is 13.1. The van der Waals surface area contributed by atoms with Crippen molar-refractivity contribution in [2.24, 2.45) is 0 Å². The van der Waals surface area contributed by atoms with E-state index in [4.69, 9.17) is 21.1 Å². The molecule has 0 amide bonds. The maximum atomic E-state index is 9.59. The van der Waals surface area contributed by atoms with Gasteiger partial charge in [0.25, 0.3) is 0 Å². The van der Waals surface area contributed by atoms with Crippen LogP contribution in [0, 0.1) is 0 Å². The number of aliphatic hydroxyl groups is 1. The van der Waals surface area contributed by atoms with Gasteiger partial charge in [0.05, 0.1) is 24.3 Å². The van der Waals surface area contributed by atoms with Crippen LogP contribution in [0.5, 0.6) is 11.5 Å². The van der Waals surface area contributed by atoms with E-state index in [0.29, 0.717) is 16.5 Å². The van der Waals surface area contributed by atoms with Gasteiger partial charge in [0.1, 0.15) is 0 Å². The lowest BCUT2D eigenvalue weighted by molar-refractivity contribution is 0.193. The van der Waals surface area contributed by atoms with E-state index in [9.17, 15) is 5.11 Å². The Balaban J connectivity index is 2.27. The molecular weight excluding hydrogens is 252 g/mol. The molecule has 4 heteroatoms. The van der Waals surface area contributed by atoms with Crippen molar-refractivity contribution < 1.29 is 14.6 Å². The van der Waals surface area contributed by atoms with Gasteiger partial charge in [-0.05, 0) is 50.3 Å². The van der Waals surface area contributed by atoms with Gasteiger partial charge < -0.3 is 14.6 Å². The molecule has 18 heavy (non-hydrogen) atoms. The number of halogens is 1. The first-order valence-electron chi connectivity index (χ1n) is 6.34. The minimum absolute atomic E-state index is 0.230. The molecule has 1 aromatic rings. The highest BCUT2D eigenvalue weighted by molar-refractivity contribution is 6.32. The highest BCUT2D eigenvalue weighted by Crippen LogP contribution is 2.40. The molecule has 100 valence electrons. The summed E-state index contributed by atoms with van der Waals surface area (Å²) in [4.78, 5) is 0. The monoisotopic (exact) mass is 270 g/mol. The highest BCUT2D eigenvalue weighted by Gasteiger charge is 2.21. The van der Waals surface area contributed by atoms with Crippen LogP contribution in [-0.2, 0) is 0 Å². The Kier molecular flexibility index (Phi) is 4.36. The second-order valence-electron chi connectivity index (χ2n) is 4.73. The number of rotatable bonds is 4. The molecule has 0 aliphatic heterocycles. The molecule has 3 nitrogen and oxygen atoms in total. The SMILES string of the molecule is COc1cc(C(C)O)cc(Cl)c1OC1CCCC1. The van der Waals surface area contributed by atoms with Crippen molar-refractivity contribution in [1.29, 1.82) is 0 Å². The fourth-order valence-electron chi connectivity index (χ4n) is 2.27. The van der Waals surface area contributed by atoms with Crippen molar-refractivity contribution in [1.82, 2.24) is 0 Å². The summed E-state index contributed by atoms with van der Waals surface area (Å²) < 4.78 is 11.2. The lowest BCUT2D eigenvalue weighted by Gasteiger charge is -2.18. The van der Waals surface area contributed by atoms with Crippen molar-refractivity contribution in [3.8, 4) is 11.5 Å². The molecular formula is C14H19ClO3. The van der Waals surface area contributed by atoms with E-state index >= 15 is 0 Å². The number of hydrogen-bond donors (Lipinski definition) is 1. The van der Waals surface area contributed by atoms with Crippen LogP contribution in [0.3, 0.4) is 0 Å². The first kappa shape index (κ1) is 13.5. The molecule has 1 N–H and O–H groups in total. The van der Waals surface area contributed by atoms with Gasteiger partial charge >= 0.3 is 0 Å². The minimum atomic E-state index is -0.572. The molecule has 1 atom stereocenters. The Morgan fingerprint density at radius 1 is 1.33 bits per heavy atom. The van der Waals surface area contributed by atoms with E-state index in [1.807, 2.05) is 0 Å². The van der Waals surface area contributed by atoms with Crippen molar-refractivity contribution in [2.45, 2.75) is 44.8 Å². The van der Waals surface area contributed by atoms with Gasteiger partial charge in [-0.15, -0.1) is 0 Å². The smallest absolute Gasteiger partial charge is 0.180 e. The largest absolute Gasteiger partial charge is 0.493 e. The van der Waals surface area contributed by atoms with Crippen molar-refractivity contribution in [3.05, 3.63) is 22.7 Å². The van der Waals surface area contributed by atoms with Gasteiger partial charge in [-0.2, -0.15) is 0 Å². The van der Waals surface area contributed by atoms with Gasteiger partial charge in [0.15, 0.2) is 11.5 Å². The Morgan fingerprint density at radius 2 is 2.00 bits per heavy atom. The van der Waals surface area contributed by atoms with Crippen LogP contribution in [0.25, 0.3) is 0 Å². The Hall–Kier alpha value is -0.930. The number of benzene rings is 1. The van der Waals surface area contributed by atoms with Crippen molar-refractivity contribution in [2.75, 3.05) is 7.11 Å². The van der Waals surface area contributed by atoms with Crippen LogP contribution in [0.15, 0.2) is 12.1 Å². The summed E-state index contributed by atoms with van der Waals surface area (Å²) in [5.41, 5.74) is 0.732. The van der Waals surface area contributed by atoms with E-state index in [1.165, 1.54) is 12.8 Å². The predicted octanol–water partition coefficient (Wildman–Crippen LogP) is 3.72. The molecule has 1 saturated carbocycles. The molecule has 0 bridgehead atoms. The molecule has 1 aliphatic carbocycles. The van der Waals surface area contributed by atoms with Crippen LogP contribution >= 0.6 is 11.6 Å². The lowest BCUT2D eigenvalue weighted by Crippen LogP contribution is -2.12. The van der Waals surface area contributed by atoms with Crippen LogP contribution in [0.1, 0.15) is 44.3 Å². The van der Waals surface area contributed by atoms with Gasteiger partial charge in [0, 0.05) is 0 Å². The molecule has 1 aromatic carbocycles. The number of hydrogen-bond acceptors (Lipinski definition) is 3. The van der Waals surface area contributed by atoms with E-state index in [1.54, 1.807) is 26.2 Å². The summed E-state index contributed by atoms with van der Waals surface area (Å²) in [6.07, 6.45) is 4.20. The Bertz CT molecular complexity index is 412. The van der Waals surface area contributed by atoms with Gasteiger partial charge in [-0.3, -0.25) is 0 Å². The quantitative estimate of drug-likeness (QED) is 0.906. The first-order valence-corrected chi connectivity index (χ1v) is 6.71. The minimum Gasteiger partial charge on any atom is -0.493 e. The van der Waals surface area contributed by atoms with Gasteiger partial charge in [0.2, 0.25) is 0 Å². The van der Waals surface area contributed by atoms with Crippen LogP contribution in [-0.4, -0.2) is 18.3 Å². The second kappa shape index (κ2) is 5.81. The van der Waals surface area contributed by atoms with Crippen LogP contribution in [0.4, 0.5) is 0 Å². The first-order chi connectivity index (χ1) is 8.61. The maximum Gasteiger partial charge on any atom is 0.180 e. The third-order valence-electron chi connectivity index (χ3n) is 3.32. The predicted molar refractivity (Wildman–Crippen MR) is 71.5 cm³/mol. The Labute approximate surface area is 113 Å². The fourth-order valence-corrected chi connectivity index (χ4v) is 2.53. The van der Waals surface area contributed by atoms with E-state index in [2.05, 4.69) is 0 Å². The van der Waals surface area contributed by atoms with Crippen molar-refractivity contribution in [3.63, 3.8) is 0 Å². The van der Waals surface area contributed by atoms with Gasteiger partial charge in [-0.1, -0.05) is 11.6 Å². The topological polar surface area (TPSA) is 38.7 Å². The summed E-state index contributed by atoms with van der Waals surface area (Å²) in [5.74, 6) is 1.18. The summed E-state index contributed by atoms with van der Waals surface area (Å²) in [6.45, 7) is 1.70. The summed E-state index contributed by atoms with van der Waals surface area (Å²) in [5, 5.41) is 10.1. The zero-order valence-electron chi connectivity index (χ0n) is 10.8. The van der Waals surface area contributed by atoms with Crippen LogP contribution < -0.4 is 9.47 Å². The standard InChI is InChI=1S/C14H19ClO3/c1-9(16)10-7-12(15)14(13(8-10)17-2)18-11-5-3-4-6-11/h7-9,11,16H,3-6H2,1-2H3. The second-order valence-corrected chi connectivity index (χ2v) is 5.14. The zero-order valence-corrected chi connectivity index (χ0v) is 11.5.